The minimum atomic E-state index is -0.409. The van der Waals surface area contributed by atoms with Gasteiger partial charge in [0.2, 0.25) is 5.91 Å². The molecule has 0 bridgehead atoms. The summed E-state index contributed by atoms with van der Waals surface area (Å²) < 4.78 is 6.59. The van der Waals surface area contributed by atoms with Crippen LogP contribution < -0.4 is 16.0 Å². The molecule has 2 fully saturated rings. The molecule has 0 radical (unpaired) electrons. The van der Waals surface area contributed by atoms with Crippen LogP contribution in [0.5, 0.6) is 0 Å². The number of esters is 1. The van der Waals surface area contributed by atoms with Crippen LogP contribution in [0.4, 0.5) is 5.82 Å². The molecular formula is C25H26N6O5S. The Morgan fingerprint density at radius 3 is 2.86 bits per heavy atom. The first-order valence-corrected chi connectivity index (χ1v) is 13.0. The van der Waals surface area contributed by atoms with Crippen molar-refractivity contribution in [2.45, 2.75) is 45.1 Å². The van der Waals surface area contributed by atoms with Gasteiger partial charge in [-0.3, -0.25) is 24.5 Å². The van der Waals surface area contributed by atoms with Gasteiger partial charge in [0.05, 0.1) is 34.7 Å². The lowest BCUT2D eigenvalue weighted by molar-refractivity contribution is -0.143. The molecule has 5 rings (SSSR count). The molecule has 1 aliphatic heterocycles. The Morgan fingerprint density at radius 1 is 1.30 bits per heavy atom. The van der Waals surface area contributed by atoms with Gasteiger partial charge in [-0.25, -0.2) is 4.98 Å². The topological polar surface area (TPSA) is 144 Å². The number of ether oxygens (including phenoxy) is 1. The maximum atomic E-state index is 12.6. The highest BCUT2D eigenvalue weighted by atomic mass is 32.1. The molecule has 0 atom stereocenters. The Hall–Kier alpha value is -4.06. The Balaban J connectivity index is 1.38. The molecule has 3 aromatic rings. The molecule has 2 aliphatic rings. The molecule has 1 aliphatic carbocycles. The van der Waals surface area contributed by atoms with Crippen molar-refractivity contribution >= 4 is 52.6 Å². The molecular weight excluding hydrogens is 496 g/mol. The van der Waals surface area contributed by atoms with Crippen LogP contribution in [0.3, 0.4) is 0 Å². The molecule has 3 amide bonds. The SMILES string of the molecule is CCOC(=O)CCCNC(=O)c1ccc(-c2cc(NC3CC3)n3ncc(/C=C4\CC(=O)NC4=O)c3n2)s1. The Kier molecular flexibility index (Phi) is 6.99. The third kappa shape index (κ3) is 5.69. The monoisotopic (exact) mass is 522 g/mol. The van der Waals surface area contributed by atoms with Crippen molar-refractivity contribution in [2.75, 3.05) is 18.5 Å². The van der Waals surface area contributed by atoms with E-state index in [0.29, 0.717) is 53.0 Å². The largest absolute Gasteiger partial charge is 0.466 e. The van der Waals surface area contributed by atoms with Crippen molar-refractivity contribution < 1.29 is 23.9 Å². The third-order valence-electron chi connectivity index (χ3n) is 5.88. The standard InChI is InChI=1S/C25H26N6O5S/c1-2-36-22(33)4-3-9-26-25(35)19-8-7-18(37-19)17-12-20(28-16-5-6-16)31-23(29-17)15(13-27-31)10-14-11-21(32)30-24(14)34/h7-8,10,12-13,16,28H,2-6,9,11H2,1H3,(H,26,35)(H,30,32,34)/b14-10+. The van der Waals surface area contributed by atoms with Crippen LogP contribution in [-0.2, 0) is 19.1 Å². The van der Waals surface area contributed by atoms with Gasteiger partial charge in [0.15, 0.2) is 5.65 Å². The number of amides is 3. The smallest absolute Gasteiger partial charge is 0.305 e. The molecule has 1 saturated carbocycles. The van der Waals surface area contributed by atoms with Gasteiger partial charge in [0.25, 0.3) is 11.8 Å². The lowest BCUT2D eigenvalue weighted by atomic mass is 10.1. The van der Waals surface area contributed by atoms with Crippen molar-refractivity contribution in [3.63, 3.8) is 0 Å². The van der Waals surface area contributed by atoms with Crippen molar-refractivity contribution in [2.24, 2.45) is 0 Å². The predicted octanol–water partition coefficient (Wildman–Crippen LogP) is 2.54. The van der Waals surface area contributed by atoms with E-state index in [1.54, 1.807) is 29.8 Å². The number of fused-ring (bicyclic) bond motifs is 1. The fraction of sp³-hybridized carbons (Fsp3) is 0.360. The van der Waals surface area contributed by atoms with Crippen LogP contribution in [0.1, 0.15) is 54.3 Å². The van der Waals surface area contributed by atoms with E-state index < -0.39 is 5.91 Å². The molecule has 0 spiro atoms. The van der Waals surface area contributed by atoms with Gasteiger partial charge < -0.3 is 15.4 Å². The van der Waals surface area contributed by atoms with Gasteiger partial charge in [-0.2, -0.15) is 9.61 Å². The number of rotatable bonds is 10. The van der Waals surface area contributed by atoms with E-state index >= 15 is 0 Å². The first-order chi connectivity index (χ1) is 17.9. The van der Waals surface area contributed by atoms with Gasteiger partial charge in [-0.1, -0.05) is 0 Å². The summed E-state index contributed by atoms with van der Waals surface area (Å²) in [4.78, 5) is 53.9. The first kappa shape index (κ1) is 24.6. The number of thiophene rings is 1. The zero-order chi connectivity index (χ0) is 25.9. The molecule has 1 saturated heterocycles. The quantitative estimate of drug-likeness (QED) is 0.160. The number of carbonyl (C=O) groups excluding carboxylic acids is 4. The van der Waals surface area contributed by atoms with E-state index in [9.17, 15) is 19.2 Å². The van der Waals surface area contributed by atoms with Gasteiger partial charge in [-0.15, -0.1) is 11.3 Å². The second kappa shape index (κ2) is 10.5. The lowest BCUT2D eigenvalue weighted by Crippen LogP contribution is -2.24. The minimum Gasteiger partial charge on any atom is -0.466 e. The number of carbonyl (C=O) groups is 4. The highest BCUT2D eigenvalue weighted by Gasteiger charge is 2.26. The Morgan fingerprint density at radius 2 is 2.14 bits per heavy atom. The number of imide groups is 1. The molecule has 0 aromatic carbocycles. The second-order valence-electron chi connectivity index (χ2n) is 8.83. The summed E-state index contributed by atoms with van der Waals surface area (Å²) in [7, 11) is 0. The van der Waals surface area contributed by atoms with Gasteiger partial charge in [0.1, 0.15) is 5.82 Å². The fourth-order valence-corrected chi connectivity index (χ4v) is 4.79. The summed E-state index contributed by atoms with van der Waals surface area (Å²) >= 11 is 1.31. The molecule has 3 N–H and O–H groups in total. The van der Waals surface area contributed by atoms with Crippen LogP contribution in [0.15, 0.2) is 30.0 Å². The van der Waals surface area contributed by atoms with Crippen molar-refractivity contribution in [1.82, 2.24) is 25.2 Å². The third-order valence-corrected chi connectivity index (χ3v) is 6.99. The predicted molar refractivity (Wildman–Crippen MR) is 137 cm³/mol. The van der Waals surface area contributed by atoms with Crippen LogP contribution in [0.2, 0.25) is 0 Å². The molecule has 0 unspecified atom stereocenters. The number of nitrogens with one attached hydrogen (secondary N) is 3. The normalized spacial score (nSPS) is 16.3. The Labute approximate surface area is 216 Å². The summed E-state index contributed by atoms with van der Waals surface area (Å²) in [6.45, 7) is 2.47. The maximum Gasteiger partial charge on any atom is 0.305 e. The molecule has 192 valence electrons. The van der Waals surface area contributed by atoms with Crippen LogP contribution in [-0.4, -0.2) is 57.5 Å². The zero-order valence-electron chi connectivity index (χ0n) is 20.2. The number of anilines is 1. The average Bonchev–Trinajstić information content (AvgIpc) is 3.24. The summed E-state index contributed by atoms with van der Waals surface area (Å²) in [6, 6.07) is 5.85. The summed E-state index contributed by atoms with van der Waals surface area (Å²) in [6.07, 6.45) is 6.18. The van der Waals surface area contributed by atoms with E-state index in [0.717, 1.165) is 23.5 Å². The van der Waals surface area contributed by atoms with Gasteiger partial charge in [-0.05, 0) is 44.4 Å². The molecule has 4 heterocycles. The maximum absolute atomic E-state index is 12.6. The number of hydrogen-bond donors (Lipinski definition) is 3. The van der Waals surface area contributed by atoms with E-state index in [1.807, 2.05) is 12.1 Å². The summed E-state index contributed by atoms with van der Waals surface area (Å²) in [5, 5.41) is 13.0. The van der Waals surface area contributed by atoms with Gasteiger partial charge >= 0.3 is 5.97 Å². The average molecular weight is 523 g/mol. The highest BCUT2D eigenvalue weighted by Crippen LogP contribution is 2.32. The molecule has 37 heavy (non-hydrogen) atoms. The minimum absolute atomic E-state index is 0.0201. The van der Waals surface area contributed by atoms with Crippen LogP contribution >= 0.6 is 11.3 Å². The Bertz CT molecular complexity index is 1420. The van der Waals surface area contributed by atoms with Gasteiger partial charge in [0, 0.05) is 36.2 Å². The zero-order valence-corrected chi connectivity index (χ0v) is 21.0. The number of aromatic nitrogens is 3. The van der Waals surface area contributed by atoms with E-state index in [1.165, 1.54) is 11.3 Å². The highest BCUT2D eigenvalue weighted by molar-refractivity contribution is 7.17. The fourth-order valence-electron chi connectivity index (χ4n) is 3.91. The summed E-state index contributed by atoms with van der Waals surface area (Å²) in [5.41, 5.74) is 2.19. The van der Waals surface area contributed by atoms with E-state index in [2.05, 4.69) is 21.0 Å². The number of nitrogens with zero attached hydrogens (tertiary/aromatic N) is 3. The van der Waals surface area contributed by atoms with Crippen LogP contribution in [0.25, 0.3) is 22.3 Å². The summed E-state index contributed by atoms with van der Waals surface area (Å²) in [5.74, 6) is -0.473. The van der Waals surface area contributed by atoms with E-state index in [-0.39, 0.29) is 30.6 Å². The lowest BCUT2D eigenvalue weighted by Gasteiger charge is -2.09. The molecule has 12 heteroatoms. The number of hydrogen-bond acceptors (Lipinski definition) is 9. The van der Waals surface area contributed by atoms with Crippen molar-refractivity contribution in [1.29, 1.82) is 0 Å². The van der Waals surface area contributed by atoms with Crippen molar-refractivity contribution in [3.8, 4) is 10.6 Å². The first-order valence-electron chi connectivity index (χ1n) is 12.2. The second-order valence-corrected chi connectivity index (χ2v) is 9.92. The van der Waals surface area contributed by atoms with E-state index in [4.69, 9.17) is 9.72 Å². The van der Waals surface area contributed by atoms with Crippen LogP contribution in [0, 0.1) is 0 Å². The molecule has 3 aromatic heterocycles. The molecule has 11 nitrogen and oxygen atoms in total. The van der Waals surface area contributed by atoms with Crippen molar-refractivity contribution in [3.05, 3.63) is 40.4 Å².